The van der Waals surface area contributed by atoms with Gasteiger partial charge in [0.05, 0.1) is 0 Å². The lowest BCUT2D eigenvalue weighted by Crippen LogP contribution is -2.26. The van der Waals surface area contributed by atoms with Gasteiger partial charge in [0.25, 0.3) is 0 Å². The van der Waals surface area contributed by atoms with Gasteiger partial charge in [-0.25, -0.2) is 4.79 Å². The van der Waals surface area contributed by atoms with Crippen molar-refractivity contribution in [2.45, 2.75) is 6.54 Å². The number of rotatable bonds is 3. The van der Waals surface area contributed by atoms with E-state index in [4.69, 9.17) is 4.74 Å². The maximum Gasteiger partial charge on any atom is 0.414 e. The summed E-state index contributed by atoms with van der Waals surface area (Å²) in [5, 5.41) is 2.26. The van der Waals surface area contributed by atoms with Gasteiger partial charge in [-0.1, -0.05) is 30.3 Å². The van der Waals surface area contributed by atoms with E-state index in [0.717, 1.165) is 22.9 Å². The van der Waals surface area contributed by atoms with E-state index in [2.05, 4.69) is 17.0 Å². The zero-order chi connectivity index (χ0) is 14.7. The van der Waals surface area contributed by atoms with Gasteiger partial charge in [-0.05, 0) is 30.9 Å². The summed E-state index contributed by atoms with van der Waals surface area (Å²) in [6, 6.07) is 12.0. The van der Waals surface area contributed by atoms with Gasteiger partial charge in [0.2, 0.25) is 0 Å². The number of hydrogen-bond acceptors (Lipinski definition) is 3. The van der Waals surface area contributed by atoms with Crippen molar-refractivity contribution in [3.63, 3.8) is 0 Å². The van der Waals surface area contributed by atoms with Crippen molar-refractivity contribution in [3.05, 3.63) is 42.0 Å². The fourth-order valence-corrected chi connectivity index (χ4v) is 2.08. The summed E-state index contributed by atoms with van der Waals surface area (Å²) in [6.45, 7) is 0.720. The van der Waals surface area contributed by atoms with Crippen LogP contribution in [0.4, 0.5) is 4.79 Å². The smallest absolute Gasteiger partial charge is 0.410 e. The Hall–Kier alpha value is -2.07. The molecule has 2 aromatic rings. The first kappa shape index (κ1) is 14.3. The average Bonchev–Trinajstić information content (AvgIpc) is 2.40. The molecule has 0 radical (unpaired) electrons. The molecule has 0 N–H and O–H groups in total. The molecule has 2 rings (SSSR count). The Bertz CT molecular complexity index is 621. The second-order valence-corrected chi connectivity index (χ2v) is 5.26. The summed E-state index contributed by atoms with van der Waals surface area (Å²) in [6.07, 6.45) is -0.361. The lowest BCUT2D eigenvalue weighted by molar-refractivity contribution is 0.171. The van der Waals surface area contributed by atoms with Gasteiger partial charge in [0.1, 0.15) is 5.75 Å². The number of carbonyl (C=O) groups is 1. The molecule has 0 saturated heterocycles. The molecule has 0 atom stereocenters. The topological polar surface area (TPSA) is 32.8 Å². The van der Waals surface area contributed by atoms with Crippen LogP contribution in [0.25, 0.3) is 10.8 Å². The van der Waals surface area contributed by atoms with E-state index in [1.54, 1.807) is 14.1 Å². The first-order valence-corrected chi connectivity index (χ1v) is 6.53. The molecule has 4 heteroatoms. The SMILES string of the molecule is CN(C)Cc1c(OC(=O)N(C)C)ccc2ccccc12. The summed E-state index contributed by atoms with van der Waals surface area (Å²) < 4.78 is 5.48. The normalized spacial score (nSPS) is 10.8. The Morgan fingerprint density at radius 1 is 1.05 bits per heavy atom. The Morgan fingerprint density at radius 3 is 2.40 bits per heavy atom. The van der Waals surface area contributed by atoms with E-state index in [1.807, 2.05) is 38.4 Å². The van der Waals surface area contributed by atoms with Gasteiger partial charge in [0.15, 0.2) is 0 Å². The molecule has 0 heterocycles. The quantitative estimate of drug-likeness (QED) is 0.861. The first-order chi connectivity index (χ1) is 9.49. The molecule has 4 nitrogen and oxygen atoms in total. The van der Waals surface area contributed by atoms with Crippen LogP contribution in [0.15, 0.2) is 36.4 Å². The number of nitrogens with zero attached hydrogens (tertiary/aromatic N) is 2. The predicted molar refractivity (Wildman–Crippen MR) is 81.1 cm³/mol. The third-order valence-corrected chi connectivity index (χ3v) is 3.03. The highest BCUT2D eigenvalue weighted by Crippen LogP contribution is 2.29. The minimum absolute atomic E-state index is 0.361. The molecule has 0 saturated carbocycles. The van der Waals surface area contributed by atoms with Gasteiger partial charge in [-0.15, -0.1) is 0 Å². The van der Waals surface area contributed by atoms with Crippen molar-refractivity contribution in [3.8, 4) is 5.75 Å². The van der Waals surface area contributed by atoms with Crippen LogP contribution >= 0.6 is 0 Å². The van der Waals surface area contributed by atoms with Crippen LogP contribution in [0.1, 0.15) is 5.56 Å². The van der Waals surface area contributed by atoms with Crippen LogP contribution in [-0.2, 0) is 6.54 Å². The minimum atomic E-state index is -0.361. The van der Waals surface area contributed by atoms with Crippen LogP contribution < -0.4 is 4.74 Å². The van der Waals surface area contributed by atoms with Gasteiger partial charge in [-0.3, -0.25) is 0 Å². The molecule has 0 aliphatic carbocycles. The van der Waals surface area contributed by atoms with E-state index in [9.17, 15) is 4.79 Å². The van der Waals surface area contributed by atoms with Crippen LogP contribution in [0.3, 0.4) is 0 Å². The number of ether oxygens (including phenoxy) is 1. The summed E-state index contributed by atoms with van der Waals surface area (Å²) in [7, 11) is 7.35. The second kappa shape index (κ2) is 5.92. The number of amides is 1. The number of hydrogen-bond donors (Lipinski definition) is 0. The first-order valence-electron chi connectivity index (χ1n) is 6.53. The van der Waals surface area contributed by atoms with Gasteiger partial charge in [-0.2, -0.15) is 0 Å². The van der Waals surface area contributed by atoms with Crippen molar-refractivity contribution in [2.24, 2.45) is 0 Å². The van der Waals surface area contributed by atoms with Crippen molar-refractivity contribution in [1.29, 1.82) is 0 Å². The van der Waals surface area contributed by atoms with Crippen molar-refractivity contribution >= 4 is 16.9 Å². The van der Waals surface area contributed by atoms with Crippen molar-refractivity contribution in [1.82, 2.24) is 9.80 Å². The Kier molecular flexibility index (Phi) is 4.25. The summed E-state index contributed by atoms with van der Waals surface area (Å²) in [4.78, 5) is 15.3. The fraction of sp³-hybridized carbons (Fsp3) is 0.312. The second-order valence-electron chi connectivity index (χ2n) is 5.26. The molecular weight excluding hydrogens is 252 g/mol. The van der Waals surface area contributed by atoms with E-state index in [0.29, 0.717) is 5.75 Å². The maximum absolute atomic E-state index is 11.8. The van der Waals surface area contributed by atoms with E-state index in [-0.39, 0.29) is 6.09 Å². The standard InChI is InChI=1S/C16H20N2O2/c1-17(2)11-14-13-8-6-5-7-12(13)9-10-15(14)20-16(19)18(3)4/h5-10H,11H2,1-4H3. The number of fused-ring (bicyclic) bond motifs is 1. The Morgan fingerprint density at radius 2 is 1.75 bits per heavy atom. The monoisotopic (exact) mass is 272 g/mol. The zero-order valence-electron chi connectivity index (χ0n) is 12.4. The fourth-order valence-electron chi connectivity index (χ4n) is 2.08. The Labute approximate surface area is 119 Å². The van der Waals surface area contributed by atoms with Crippen LogP contribution in [0.5, 0.6) is 5.75 Å². The van der Waals surface area contributed by atoms with E-state index in [1.165, 1.54) is 4.90 Å². The van der Waals surface area contributed by atoms with Gasteiger partial charge >= 0.3 is 6.09 Å². The highest BCUT2D eigenvalue weighted by Gasteiger charge is 2.14. The molecule has 0 unspecified atom stereocenters. The van der Waals surface area contributed by atoms with Gasteiger partial charge < -0.3 is 14.5 Å². The summed E-state index contributed by atoms with van der Waals surface area (Å²) in [5.41, 5.74) is 1.03. The molecular formula is C16H20N2O2. The molecule has 0 spiro atoms. The molecule has 0 fully saturated rings. The van der Waals surface area contributed by atoms with Crippen LogP contribution in [-0.4, -0.2) is 44.1 Å². The van der Waals surface area contributed by atoms with Crippen LogP contribution in [0, 0.1) is 0 Å². The maximum atomic E-state index is 11.8. The highest BCUT2D eigenvalue weighted by atomic mass is 16.6. The molecule has 2 aromatic carbocycles. The average molecular weight is 272 g/mol. The third-order valence-electron chi connectivity index (χ3n) is 3.03. The van der Waals surface area contributed by atoms with Gasteiger partial charge in [0, 0.05) is 26.2 Å². The Balaban J connectivity index is 2.50. The molecule has 20 heavy (non-hydrogen) atoms. The summed E-state index contributed by atoms with van der Waals surface area (Å²) >= 11 is 0. The minimum Gasteiger partial charge on any atom is -0.410 e. The number of carbonyl (C=O) groups excluding carboxylic acids is 1. The highest BCUT2D eigenvalue weighted by molar-refractivity contribution is 5.88. The largest absolute Gasteiger partial charge is 0.414 e. The van der Waals surface area contributed by atoms with Crippen molar-refractivity contribution < 1.29 is 9.53 Å². The molecule has 0 aromatic heterocycles. The zero-order valence-corrected chi connectivity index (χ0v) is 12.4. The van der Waals surface area contributed by atoms with Crippen LogP contribution in [0.2, 0.25) is 0 Å². The van der Waals surface area contributed by atoms with E-state index >= 15 is 0 Å². The van der Waals surface area contributed by atoms with Crippen molar-refractivity contribution in [2.75, 3.05) is 28.2 Å². The molecule has 0 bridgehead atoms. The number of benzene rings is 2. The lowest BCUT2D eigenvalue weighted by Gasteiger charge is -2.18. The van der Waals surface area contributed by atoms with E-state index < -0.39 is 0 Å². The third kappa shape index (κ3) is 3.08. The summed E-state index contributed by atoms with van der Waals surface area (Å²) in [5.74, 6) is 0.621. The lowest BCUT2D eigenvalue weighted by atomic mass is 10.0. The molecule has 106 valence electrons. The molecule has 0 aliphatic rings. The molecule has 1 amide bonds. The molecule has 0 aliphatic heterocycles. The predicted octanol–water partition coefficient (Wildman–Crippen LogP) is 2.96.